The molecule has 1 saturated heterocycles. The van der Waals surface area contributed by atoms with Gasteiger partial charge in [-0.3, -0.25) is 0 Å². The average molecular weight is 240 g/mol. The van der Waals surface area contributed by atoms with Crippen molar-refractivity contribution < 1.29 is 9.15 Å². The molecule has 0 N–H and O–H groups in total. The van der Waals surface area contributed by atoms with Crippen molar-refractivity contribution >= 4 is 28.7 Å². The first kappa shape index (κ1) is 9.86. The molecule has 5 nitrogen and oxygen atoms in total. The minimum absolute atomic E-state index is 0.414. The SMILES string of the molecule is Clc1cc2oc(N3CCOCC3)nc2cn1. The lowest BCUT2D eigenvalue weighted by Gasteiger charge is -2.24. The van der Waals surface area contributed by atoms with Gasteiger partial charge in [-0.2, -0.15) is 4.98 Å². The molecular formula is C10H10ClN3O2. The Morgan fingerprint density at radius 3 is 2.94 bits per heavy atom. The Labute approximate surface area is 97.0 Å². The number of aromatic nitrogens is 2. The van der Waals surface area contributed by atoms with Crippen LogP contribution in [0.3, 0.4) is 0 Å². The van der Waals surface area contributed by atoms with E-state index in [0.717, 1.165) is 18.6 Å². The van der Waals surface area contributed by atoms with Gasteiger partial charge in [-0.25, -0.2) is 4.98 Å². The van der Waals surface area contributed by atoms with Gasteiger partial charge in [0.1, 0.15) is 10.7 Å². The molecular weight excluding hydrogens is 230 g/mol. The maximum atomic E-state index is 5.78. The first-order valence-electron chi connectivity index (χ1n) is 5.08. The lowest BCUT2D eigenvalue weighted by molar-refractivity contribution is 0.120. The monoisotopic (exact) mass is 239 g/mol. The molecule has 3 heterocycles. The van der Waals surface area contributed by atoms with Gasteiger partial charge in [0.05, 0.1) is 19.4 Å². The summed E-state index contributed by atoms with van der Waals surface area (Å²) < 4.78 is 10.9. The van der Waals surface area contributed by atoms with Crippen molar-refractivity contribution in [1.29, 1.82) is 0 Å². The number of rotatable bonds is 1. The van der Waals surface area contributed by atoms with Crippen molar-refractivity contribution in [3.8, 4) is 0 Å². The maximum Gasteiger partial charge on any atom is 0.298 e. The van der Waals surface area contributed by atoms with E-state index in [-0.39, 0.29) is 0 Å². The lowest BCUT2D eigenvalue weighted by Crippen LogP contribution is -2.36. The summed E-state index contributed by atoms with van der Waals surface area (Å²) in [5, 5.41) is 0.414. The fourth-order valence-electron chi connectivity index (χ4n) is 1.69. The van der Waals surface area contributed by atoms with Crippen LogP contribution >= 0.6 is 11.6 Å². The average Bonchev–Trinajstić information content (AvgIpc) is 2.73. The number of pyridine rings is 1. The lowest BCUT2D eigenvalue weighted by atomic mass is 10.4. The predicted molar refractivity (Wildman–Crippen MR) is 59.8 cm³/mol. The highest BCUT2D eigenvalue weighted by Crippen LogP contribution is 2.23. The van der Waals surface area contributed by atoms with E-state index in [9.17, 15) is 0 Å². The molecule has 0 spiro atoms. The number of halogens is 1. The van der Waals surface area contributed by atoms with Crippen LogP contribution in [0.5, 0.6) is 0 Å². The van der Waals surface area contributed by atoms with Crippen LogP contribution in [-0.2, 0) is 4.74 Å². The molecule has 3 rings (SSSR count). The predicted octanol–water partition coefficient (Wildman–Crippen LogP) is 1.71. The summed E-state index contributed by atoms with van der Waals surface area (Å²) in [5.74, 6) is 0. The summed E-state index contributed by atoms with van der Waals surface area (Å²) >= 11 is 5.78. The molecule has 0 aliphatic carbocycles. The summed E-state index contributed by atoms with van der Waals surface area (Å²) in [7, 11) is 0. The molecule has 0 radical (unpaired) electrons. The van der Waals surface area contributed by atoms with Gasteiger partial charge in [0.15, 0.2) is 5.58 Å². The number of anilines is 1. The number of ether oxygens (including phenoxy) is 1. The number of oxazole rings is 1. The summed E-state index contributed by atoms with van der Waals surface area (Å²) in [6.45, 7) is 3.01. The summed E-state index contributed by atoms with van der Waals surface area (Å²) in [6.07, 6.45) is 1.62. The Hall–Kier alpha value is -1.33. The number of morpholine rings is 1. The highest BCUT2D eigenvalue weighted by atomic mass is 35.5. The smallest absolute Gasteiger partial charge is 0.298 e. The maximum absolute atomic E-state index is 5.78. The van der Waals surface area contributed by atoms with Crippen molar-refractivity contribution in [2.75, 3.05) is 31.2 Å². The van der Waals surface area contributed by atoms with Crippen molar-refractivity contribution in [2.24, 2.45) is 0 Å². The normalized spacial score (nSPS) is 16.9. The molecule has 1 aliphatic rings. The standard InChI is InChI=1S/C10H10ClN3O2/c11-9-5-8-7(6-12-9)13-10(16-8)14-1-3-15-4-2-14/h5-6H,1-4H2. The molecule has 0 unspecified atom stereocenters. The van der Waals surface area contributed by atoms with Gasteiger partial charge in [-0.1, -0.05) is 11.6 Å². The second-order valence-electron chi connectivity index (χ2n) is 3.57. The molecule has 2 aromatic rings. The Balaban J connectivity index is 1.97. The highest BCUT2D eigenvalue weighted by Gasteiger charge is 2.17. The molecule has 16 heavy (non-hydrogen) atoms. The summed E-state index contributed by atoms with van der Waals surface area (Å²) in [5.41, 5.74) is 1.40. The molecule has 0 amide bonds. The molecule has 1 aliphatic heterocycles. The fourth-order valence-corrected chi connectivity index (χ4v) is 1.83. The zero-order valence-corrected chi connectivity index (χ0v) is 9.28. The molecule has 0 bridgehead atoms. The van der Waals surface area contributed by atoms with Crippen LogP contribution < -0.4 is 4.90 Å². The Morgan fingerprint density at radius 1 is 1.31 bits per heavy atom. The van der Waals surface area contributed by atoms with Gasteiger partial charge < -0.3 is 14.1 Å². The van der Waals surface area contributed by atoms with Crippen LogP contribution in [0.2, 0.25) is 5.15 Å². The minimum atomic E-state index is 0.414. The van der Waals surface area contributed by atoms with Gasteiger partial charge in [-0.05, 0) is 0 Å². The summed E-state index contributed by atoms with van der Waals surface area (Å²) in [4.78, 5) is 10.4. The first-order chi connectivity index (χ1) is 7.83. The van der Waals surface area contributed by atoms with Crippen LogP contribution in [-0.4, -0.2) is 36.3 Å². The van der Waals surface area contributed by atoms with E-state index in [2.05, 4.69) is 14.9 Å². The second-order valence-corrected chi connectivity index (χ2v) is 3.96. The Morgan fingerprint density at radius 2 is 2.12 bits per heavy atom. The van der Waals surface area contributed by atoms with Crippen LogP contribution in [0.25, 0.3) is 11.1 Å². The van der Waals surface area contributed by atoms with Crippen LogP contribution in [0.15, 0.2) is 16.7 Å². The van der Waals surface area contributed by atoms with Crippen LogP contribution in [0.1, 0.15) is 0 Å². The van der Waals surface area contributed by atoms with Crippen molar-refractivity contribution in [3.63, 3.8) is 0 Å². The second kappa shape index (κ2) is 3.92. The van der Waals surface area contributed by atoms with E-state index >= 15 is 0 Å². The molecule has 84 valence electrons. The minimum Gasteiger partial charge on any atom is -0.423 e. The molecule has 6 heteroatoms. The molecule has 0 saturated carbocycles. The summed E-state index contributed by atoms with van der Waals surface area (Å²) in [6, 6.07) is 2.29. The first-order valence-corrected chi connectivity index (χ1v) is 5.45. The number of fused-ring (bicyclic) bond motifs is 1. The van der Waals surface area contributed by atoms with E-state index in [1.54, 1.807) is 12.3 Å². The van der Waals surface area contributed by atoms with Crippen molar-refractivity contribution in [3.05, 3.63) is 17.4 Å². The third kappa shape index (κ3) is 1.72. The van der Waals surface area contributed by atoms with E-state index < -0.39 is 0 Å². The highest BCUT2D eigenvalue weighted by molar-refractivity contribution is 6.29. The number of hydrogen-bond acceptors (Lipinski definition) is 5. The number of hydrogen-bond donors (Lipinski definition) is 0. The quantitative estimate of drug-likeness (QED) is 0.709. The van der Waals surface area contributed by atoms with Gasteiger partial charge >= 0.3 is 0 Å². The molecule has 0 aromatic carbocycles. The van der Waals surface area contributed by atoms with Crippen molar-refractivity contribution in [2.45, 2.75) is 0 Å². The van der Waals surface area contributed by atoms with E-state index in [1.165, 1.54) is 0 Å². The fraction of sp³-hybridized carbons (Fsp3) is 0.400. The van der Waals surface area contributed by atoms with Gasteiger partial charge in [0.25, 0.3) is 6.01 Å². The van der Waals surface area contributed by atoms with E-state index in [0.29, 0.717) is 30.0 Å². The third-order valence-electron chi connectivity index (χ3n) is 2.51. The Kier molecular flexibility index (Phi) is 2.41. The van der Waals surface area contributed by atoms with E-state index in [1.807, 2.05) is 0 Å². The van der Waals surface area contributed by atoms with Crippen molar-refractivity contribution in [1.82, 2.24) is 9.97 Å². The molecule has 0 atom stereocenters. The van der Waals surface area contributed by atoms with Crippen LogP contribution in [0, 0.1) is 0 Å². The van der Waals surface area contributed by atoms with Gasteiger partial charge in [0, 0.05) is 19.2 Å². The zero-order valence-electron chi connectivity index (χ0n) is 8.52. The topological polar surface area (TPSA) is 51.4 Å². The molecule has 1 fully saturated rings. The zero-order chi connectivity index (χ0) is 11.0. The van der Waals surface area contributed by atoms with E-state index in [4.69, 9.17) is 20.8 Å². The van der Waals surface area contributed by atoms with Gasteiger partial charge in [-0.15, -0.1) is 0 Å². The largest absolute Gasteiger partial charge is 0.423 e. The number of nitrogens with zero attached hydrogens (tertiary/aromatic N) is 3. The third-order valence-corrected chi connectivity index (χ3v) is 2.72. The molecule has 2 aromatic heterocycles. The van der Waals surface area contributed by atoms with Gasteiger partial charge in [0.2, 0.25) is 0 Å². The Bertz CT molecular complexity index is 508. The van der Waals surface area contributed by atoms with Crippen LogP contribution in [0.4, 0.5) is 6.01 Å².